The Balaban J connectivity index is 1.67. The number of methoxy groups -OCH3 is 1. The Hall–Kier alpha value is -3.49. The number of benzene rings is 3. The van der Waals surface area contributed by atoms with Crippen molar-refractivity contribution in [2.24, 2.45) is 0 Å². The maximum Gasteiger partial charge on any atom is 0.234 e. The molecule has 0 radical (unpaired) electrons. The number of nitrogens with one attached hydrogen (secondary N) is 1. The standard InChI is InChI=1S/C24H21ClN4O3S/c1-15-17(25)9-7-10-18(15)26-22(31)14-33-24-28-27-23(16-8-3-5-12-20(16)30)29(24)19-11-4-6-13-21(19)32-2/h3-13,30H,14H2,1-2H3,(H,26,31). The maximum absolute atomic E-state index is 12.7. The average molecular weight is 481 g/mol. The van der Waals surface area contributed by atoms with Gasteiger partial charge in [-0.15, -0.1) is 10.2 Å². The zero-order chi connectivity index (χ0) is 23.4. The second-order valence-electron chi connectivity index (χ2n) is 7.08. The minimum Gasteiger partial charge on any atom is -0.507 e. The van der Waals surface area contributed by atoms with Crippen LogP contribution in [-0.2, 0) is 4.79 Å². The van der Waals surface area contributed by atoms with E-state index in [4.69, 9.17) is 16.3 Å². The molecule has 7 nitrogen and oxygen atoms in total. The Morgan fingerprint density at radius 1 is 1.09 bits per heavy atom. The number of anilines is 1. The van der Waals surface area contributed by atoms with Gasteiger partial charge >= 0.3 is 0 Å². The fourth-order valence-electron chi connectivity index (χ4n) is 3.29. The number of carbonyl (C=O) groups is 1. The van der Waals surface area contributed by atoms with Gasteiger partial charge in [0.15, 0.2) is 11.0 Å². The van der Waals surface area contributed by atoms with Gasteiger partial charge in [-0.1, -0.05) is 53.7 Å². The van der Waals surface area contributed by atoms with Crippen LogP contribution in [0.2, 0.25) is 5.02 Å². The van der Waals surface area contributed by atoms with Crippen molar-refractivity contribution in [2.45, 2.75) is 12.1 Å². The third-order valence-corrected chi connectivity index (χ3v) is 6.32. The van der Waals surface area contributed by atoms with Gasteiger partial charge in [0.1, 0.15) is 11.5 Å². The molecule has 0 unspecified atom stereocenters. The van der Waals surface area contributed by atoms with Crippen LogP contribution in [0, 0.1) is 6.92 Å². The number of carbonyl (C=O) groups excluding carboxylic acids is 1. The van der Waals surface area contributed by atoms with Crippen LogP contribution >= 0.6 is 23.4 Å². The van der Waals surface area contributed by atoms with Crippen LogP contribution < -0.4 is 10.1 Å². The second-order valence-corrected chi connectivity index (χ2v) is 8.43. The fraction of sp³-hybridized carbons (Fsp3) is 0.125. The molecule has 1 amide bonds. The summed E-state index contributed by atoms with van der Waals surface area (Å²) in [6.07, 6.45) is 0. The zero-order valence-electron chi connectivity index (χ0n) is 17.9. The summed E-state index contributed by atoms with van der Waals surface area (Å²) in [5, 5.41) is 23.0. The first kappa shape index (κ1) is 22.7. The van der Waals surface area contributed by atoms with Crippen molar-refractivity contribution in [3.8, 4) is 28.6 Å². The summed E-state index contributed by atoms with van der Waals surface area (Å²) in [7, 11) is 1.58. The highest BCUT2D eigenvalue weighted by Crippen LogP contribution is 2.35. The molecule has 0 spiro atoms. The van der Waals surface area contributed by atoms with Gasteiger partial charge < -0.3 is 15.2 Å². The highest BCUT2D eigenvalue weighted by Gasteiger charge is 2.21. The number of nitrogens with zero attached hydrogens (tertiary/aromatic N) is 3. The van der Waals surface area contributed by atoms with E-state index in [9.17, 15) is 9.90 Å². The van der Waals surface area contributed by atoms with E-state index in [1.807, 2.05) is 37.3 Å². The van der Waals surface area contributed by atoms with Crippen molar-refractivity contribution >= 4 is 35.0 Å². The Morgan fingerprint density at radius 3 is 2.64 bits per heavy atom. The summed E-state index contributed by atoms with van der Waals surface area (Å²) in [4.78, 5) is 12.7. The molecule has 0 bridgehead atoms. The normalized spacial score (nSPS) is 10.8. The molecule has 4 aromatic rings. The Bertz CT molecular complexity index is 1310. The number of hydrogen-bond donors (Lipinski definition) is 2. The number of para-hydroxylation sites is 3. The number of aromatic nitrogens is 3. The van der Waals surface area contributed by atoms with Crippen LogP contribution in [0.5, 0.6) is 11.5 Å². The number of ether oxygens (including phenoxy) is 1. The number of rotatable bonds is 7. The van der Waals surface area contributed by atoms with E-state index in [0.717, 1.165) is 5.56 Å². The van der Waals surface area contributed by atoms with Crippen LogP contribution in [0.4, 0.5) is 5.69 Å². The molecule has 33 heavy (non-hydrogen) atoms. The monoisotopic (exact) mass is 480 g/mol. The summed E-state index contributed by atoms with van der Waals surface area (Å²) >= 11 is 7.38. The summed E-state index contributed by atoms with van der Waals surface area (Å²) in [5.41, 5.74) is 2.67. The number of aromatic hydroxyl groups is 1. The van der Waals surface area contributed by atoms with E-state index >= 15 is 0 Å². The molecule has 0 saturated carbocycles. The number of amides is 1. The third-order valence-electron chi connectivity index (χ3n) is 4.98. The van der Waals surface area contributed by atoms with Gasteiger partial charge in [-0.3, -0.25) is 9.36 Å². The number of hydrogen-bond acceptors (Lipinski definition) is 6. The Kier molecular flexibility index (Phi) is 6.86. The lowest BCUT2D eigenvalue weighted by Crippen LogP contribution is -2.15. The van der Waals surface area contributed by atoms with Crippen LogP contribution in [0.3, 0.4) is 0 Å². The lowest BCUT2D eigenvalue weighted by Gasteiger charge is -2.14. The lowest BCUT2D eigenvalue weighted by atomic mass is 10.2. The first-order chi connectivity index (χ1) is 16.0. The van der Waals surface area contributed by atoms with Gasteiger partial charge in [0.25, 0.3) is 0 Å². The molecule has 2 N–H and O–H groups in total. The third kappa shape index (κ3) is 4.81. The first-order valence-corrected chi connectivity index (χ1v) is 11.4. The van der Waals surface area contributed by atoms with Crippen molar-refractivity contribution < 1.29 is 14.6 Å². The highest BCUT2D eigenvalue weighted by atomic mass is 35.5. The van der Waals surface area contributed by atoms with Crippen LogP contribution in [0.25, 0.3) is 17.1 Å². The van der Waals surface area contributed by atoms with Gasteiger partial charge in [-0.25, -0.2) is 0 Å². The number of thioether (sulfide) groups is 1. The SMILES string of the molecule is COc1ccccc1-n1c(SCC(=O)Nc2cccc(Cl)c2C)nnc1-c1ccccc1O. The minimum atomic E-state index is -0.205. The smallest absolute Gasteiger partial charge is 0.234 e. The summed E-state index contributed by atoms with van der Waals surface area (Å²) in [6, 6.07) is 19.7. The first-order valence-electron chi connectivity index (χ1n) is 10.0. The summed E-state index contributed by atoms with van der Waals surface area (Å²) < 4.78 is 7.31. The maximum atomic E-state index is 12.7. The largest absolute Gasteiger partial charge is 0.507 e. The number of halogens is 1. The van der Waals surface area contributed by atoms with Crippen molar-refractivity contribution in [2.75, 3.05) is 18.2 Å². The van der Waals surface area contributed by atoms with Crippen LogP contribution in [0.15, 0.2) is 71.9 Å². The molecular formula is C24H21ClN4O3S. The lowest BCUT2D eigenvalue weighted by molar-refractivity contribution is -0.113. The summed E-state index contributed by atoms with van der Waals surface area (Å²) in [6.45, 7) is 1.85. The van der Waals surface area contributed by atoms with Gasteiger partial charge in [0.05, 0.1) is 24.1 Å². The summed E-state index contributed by atoms with van der Waals surface area (Å²) in [5.74, 6) is 1.01. The highest BCUT2D eigenvalue weighted by molar-refractivity contribution is 7.99. The van der Waals surface area contributed by atoms with Gasteiger partial charge in [-0.2, -0.15) is 0 Å². The quantitative estimate of drug-likeness (QED) is 0.347. The Labute approximate surface area is 200 Å². The molecule has 0 aliphatic heterocycles. The molecule has 168 valence electrons. The number of phenolic OH excluding ortho intramolecular Hbond substituents is 1. The average Bonchev–Trinajstić information content (AvgIpc) is 3.24. The molecule has 0 atom stereocenters. The van der Waals surface area contributed by atoms with Crippen molar-refractivity contribution in [1.82, 2.24) is 14.8 Å². The predicted molar refractivity (Wildman–Crippen MR) is 131 cm³/mol. The van der Waals surface area contributed by atoms with E-state index in [2.05, 4.69) is 15.5 Å². The molecule has 3 aromatic carbocycles. The van der Waals surface area contributed by atoms with Crippen molar-refractivity contribution in [3.05, 3.63) is 77.3 Å². The van der Waals surface area contributed by atoms with Gasteiger partial charge in [-0.05, 0) is 48.9 Å². The van der Waals surface area contributed by atoms with E-state index in [0.29, 0.717) is 38.7 Å². The van der Waals surface area contributed by atoms with Crippen LogP contribution in [-0.4, -0.2) is 38.6 Å². The molecule has 0 fully saturated rings. The molecule has 1 aromatic heterocycles. The molecule has 0 saturated heterocycles. The second kappa shape index (κ2) is 9.97. The minimum absolute atomic E-state index is 0.0757. The topological polar surface area (TPSA) is 89.3 Å². The Morgan fingerprint density at radius 2 is 1.85 bits per heavy atom. The molecule has 1 heterocycles. The van der Waals surface area contributed by atoms with E-state index in [1.54, 1.807) is 48.1 Å². The van der Waals surface area contributed by atoms with Crippen molar-refractivity contribution in [3.63, 3.8) is 0 Å². The van der Waals surface area contributed by atoms with Crippen LogP contribution in [0.1, 0.15) is 5.56 Å². The number of phenols is 1. The molecule has 0 aliphatic rings. The van der Waals surface area contributed by atoms with Gasteiger partial charge in [0.2, 0.25) is 5.91 Å². The zero-order valence-corrected chi connectivity index (χ0v) is 19.5. The van der Waals surface area contributed by atoms with E-state index in [1.165, 1.54) is 11.8 Å². The molecule has 4 rings (SSSR count). The van der Waals surface area contributed by atoms with E-state index in [-0.39, 0.29) is 17.4 Å². The fourth-order valence-corrected chi connectivity index (χ4v) is 4.21. The molecule has 0 aliphatic carbocycles. The van der Waals surface area contributed by atoms with E-state index < -0.39 is 0 Å². The van der Waals surface area contributed by atoms with Crippen molar-refractivity contribution in [1.29, 1.82) is 0 Å². The predicted octanol–water partition coefficient (Wildman–Crippen LogP) is 5.34. The van der Waals surface area contributed by atoms with Gasteiger partial charge in [0, 0.05) is 10.7 Å². The molecule has 9 heteroatoms. The molecular weight excluding hydrogens is 460 g/mol.